The van der Waals surface area contributed by atoms with Crippen LogP contribution in [0, 0.1) is 0 Å². The highest BCUT2D eigenvalue weighted by Gasteiger charge is 2.30. The minimum atomic E-state index is -0.415. The Morgan fingerprint density at radius 2 is 1.62 bits per heavy atom. The Bertz CT molecular complexity index is 284. The summed E-state index contributed by atoms with van der Waals surface area (Å²) in [7, 11) is 1.82. The van der Waals surface area contributed by atoms with Crippen LogP contribution in [-0.4, -0.2) is 48.2 Å². The number of rotatable bonds is 11. The first-order valence-corrected chi connectivity index (χ1v) is 8.81. The van der Waals surface area contributed by atoms with Crippen molar-refractivity contribution in [2.75, 3.05) is 20.1 Å². The van der Waals surface area contributed by atoms with Crippen molar-refractivity contribution >= 4 is 5.91 Å². The van der Waals surface area contributed by atoms with E-state index < -0.39 is 6.10 Å². The molecule has 0 aromatic heterocycles. The van der Waals surface area contributed by atoms with Crippen LogP contribution in [-0.2, 0) is 4.79 Å². The fourth-order valence-corrected chi connectivity index (χ4v) is 2.99. The van der Waals surface area contributed by atoms with Crippen molar-refractivity contribution < 1.29 is 9.90 Å². The first kappa shape index (κ1) is 18.4. The molecule has 1 aliphatic heterocycles. The number of carbonyl (C=O) groups is 1. The summed E-state index contributed by atoms with van der Waals surface area (Å²) in [6.07, 6.45) is 11.6. The van der Waals surface area contributed by atoms with Crippen LogP contribution in [0.1, 0.15) is 71.1 Å². The molecule has 0 saturated carbocycles. The van der Waals surface area contributed by atoms with Crippen molar-refractivity contribution in [1.82, 2.24) is 10.2 Å². The average molecular weight is 298 g/mol. The van der Waals surface area contributed by atoms with Crippen LogP contribution < -0.4 is 5.32 Å². The van der Waals surface area contributed by atoms with E-state index in [1.807, 2.05) is 7.05 Å². The Kier molecular flexibility index (Phi) is 9.68. The van der Waals surface area contributed by atoms with E-state index in [0.29, 0.717) is 19.5 Å². The summed E-state index contributed by atoms with van der Waals surface area (Å²) in [5.74, 6) is 0.172. The molecule has 124 valence electrons. The van der Waals surface area contributed by atoms with Gasteiger partial charge < -0.3 is 15.3 Å². The van der Waals surface area contributed by atoms with E-state index in [9.17, 15) is 9.90 Å². The summed E-state index contributed by atoms with van der Waals surface area (Å²) < 4.78 is 0. The number of likely N-dealkylation sites (N-methyl/N-ethyl adjacent to an activating group) is 1. The van der Waals surface area contributed by atoms with Crippen LogP contribution in [0.15, 0.2) is 0 Å². The number of β-amino-alcohol motifs (C(OH)–C–C–N with tert-alkyl or cyclic N) is 1. The molecule has 4 nitrogen and oxygen atoms in total. The molecule has 0 aromatic rings. The molecule has 0 aliphatic carbocycles. The first-order valence-electron chi connectivity index (χ1n) is 8.81. The van der Waals surface area contributed by atoms with Crippen LogP contribution >= 0.6 is 0 Å². The van der Waals surface area contributed by atoms with E-state index in [1.54, 1.807) is 4.90 Å². The molecule has 2 atom stereocenters. The third-order valence-electron chi connectivity index (χ3n) is 4.54. The van der Waals surface area contributed by atoms with Gasteiger partial charge in [0.2, 0.25) is 5.91 Å². The molecular weight excluding hydrogens is 264 g/mol. The van der Waals surface area contributed by atoms with Crippen molar-refractivity contribution in [2.45, 2.75) is 83.3 Å². The molecule has 0 radical (unpaired) electrons. The first-order chi connectivity index (χ1) is 10.2. The lowest BCUT2D eigenvalue weighted by Crippen LogP contribution is -2.44. The Morgan fingerprint density at radius 3 is 2.14 bits per heavy atom. The lowest BCUT2D eigenvalue weighted by atomic mass is 10.1. The van der Waals surface area contributed by atoms with E-state index in [0.717, 1.165) is 12.8 Å². The summed E-state index contributed by atoms with van der Waals surface area (Å²) >= 11 is 0. The highest BCUT2D eigenvalue weighted by Crippen LogP contribution is 2.13. The van der Waals surface area contributed by atoms with Crippen LogP contribution in [0.25, 0.3) is 0 Å². The predicted octanol–water partition coefficient (Wildman–Crippen LogP) is 2.70. The maximum atomic E-state index is 12.1. The number of nitrogens with one attached hydrogen (secondary N) is 1. The van der Waals surface area contributed by atoms with Gasteiger partial charge in [-0.25, -0.2) is 0 Å². The minimum absolute atomic E-state index is 0.0453. The summed E-state index contributed by atoms with van der Waals surface area (Å²) in [5.41, 5.74) is 0. The second kappa shape index (κ2) is 11.0. The third-order valence-corrected chi connectivity index (χ3v) is 4.54. The van der Waals surface area contributed by atoms with Crippen molar-refractivity contribution in [2.24, 2.45) is 0 Å². The molecule has 21 heavy (non-hydrogen) atoms. The molecule has 0 spiro atoms. The van der Waals surface area contributed by atoms with Gasteiger partial charge >= 0.3 is 0 Å². The molecule has 1 amide bonds. The number of amides is 1. The maximum Gasteiger partial charge on any atom is 0.222 e. The van der Waals surface area contributed by atoms with Crippen molar-refractivity contribution in [3.8, 4) is 0 Å². The molecule has 1 fully saturated rings. The molecule has 2 N–H and O–H groups in total. The molecular formula is C17H34N2O2. The van der Waals surface area contributed by atoms with Gasteiger partial charge in [0.05, 0.1) is 12.1 Å². The second-order valence-electron chi connectivity index (χ2n) is 6.38. The zero-order chi connectivity index (χ0) is 15.5. The van der Waals surface area contributed by atoms with Gasteiger partial charge in [0.1, 0.15) is 0 Å². The van der Waals surface area contributed by atoms with Gasteiger partial charge in [-0.1, -0.05) is 58.3 Å². The van der Waals surface area contributed by atoms with Crippen molar-refractivity contribution in [3.05, 3.63) is 0 Å². The fraction of sp³-hybridized carbons (Fsp3) is 0.941. The quantitative estimate of drug-likeness (QED) is 0.577. The largest absolute Gasteiger partial charge is 0.390 e. The van der Waals surface area contributed by atoms with Gasteiger partial charge in [0.15, 0.2) is 0 Å². The average Bonchev–Trinajstić information content (AvgIpc) is 2.90. The van der Waals surface area contributed by atoms with E-state index >= 15 is 0 Å². The van der Waals surface area contributed by atoms with Crippen LogP contribution in [0.5, 0.6) is 0 Å². The molecule has 1 rings (SSSR count). The monoisotopic (exact) mass is 298 g/mol. The Morgan fingerprint density at radius 1 is 1.05 bits per heavy atom. The summed E-state index contributed by atoms with van der Waals surface area (Å²) in [4.78, 5) is 13.8. The van der Waals surface area contributed by atoms with E-state index in [1.165, 1.54) is 44.9 Å². The molecule has 4 heteroatoms. The van der Waals surface area contributed by atoms with Crippen molar-refractivity contribution in [1.29, 1.82) is 0 Å². The Balaban J connectivity index is 1.98. The molecule has 0 unspecified atom stereocenters. The van der Waals surface area contributed by atoms with Gasteiger partial charge in [-0.2, -0.15) is 0 Å². The number of carbonyl (C=O) groups excluding carboxylic acids is 1. The van der Waals surface area contributed by atoms with Crippen molar-refractivity contribution in [3.63, 3.8) is 0 Å². The molecule has 1 aliphatic rings. The summed E-state index contributed by atoms with van der Waals surface area (Å²) in [6.45, 7) is 3.55. The Labute approximate surface area is 130 Å². The number of aliphatic hydroxyl groups is 1. The lowest BCUT2D eigenvalue weighted by Gasteiger charge is -2.26. The van der Waals surface area contributed by atoms with Gasteiger partial charge in [-0.3, -0.25) is 4.79 Å². The molecule has 0 aromatic carbocycles. The molecule has 1 heterocycles. The fourth-order valence-electron chi connectivity index (χ4n) is 2.99. The number of nitrogens with zero attached hydrogens (tertiary/aromatic N) is 1. The zero-order valence-electron chi connectivity index (χ0n) is 13.9. The lowest BCUT2D eigenvalue weighted by molar-refractivity contribution is -0.133. The van der Waals surface area contributed by atoms with E-state index in [-0.39, 0.29) is 11.9 Å². The predicted molar refractivity (Wildman–Crippen MR) is 87.3 cm³/mol. The van der Waals surface area contributed by atoms with Gasteiger partial charge in [-0.15, -0.1) is 0 Å². The van der Waals surface area contributed by atoms with Crippen LogP contribution in [0.4, 0.5) is 0 Å². The molecule has 1 saturated heterocycles. The van der Waals surface area contributed by atoms with E-state index in [2.05, 4.69) is 12.2 Å². The Hall–Kier alpha value is -0.610. The smallest absolute Gasteiger partial charge is 0.222 e. The summed E-state index contributed by atoms with van der Waals surface area (Å²) in [6, 6.07) is -0.0453. The minimum Gasteiger partial charge on any atom is -0.390 e. The van der Waals surface area contributed by atoms with Gasteiger partial charge in [0, 0.05) is 26.6 Å². The van der Waals surface area contributed by atoms with E-state index in [4.69, 9.17) is 0 Å². The van der Waals surface area contributed by atoms with Crippen LogP contribution in [0.2, 0.25) is 0 Å². The molecule has 0 bridgehead atoms. The highest BCUT2D eigenvalue weighted by atomic mass is 16.3. The second-order valence-corrected chi connectivity index (χ2v) is 6.38. The topological polar surface area (TPSA) is 52.6 Å². The van der Waals surface area contributed by atoms with Crippen LogP contribution in [0.3, 0.4) is 0 Å². The number of unbranched alkanes of at least 4 members (excludes halogenated alkanes) is 8. The SMILES string of the molecule is CCCCCCCCCCCC(=O)N(C)[C@H]1CNC[C@@H]1O. The zero-order valence-corrected chi connectivity index (χ0v) is 13.9. The highest BCUT2D eigenvalue weighted by molar-refractivity contribution is 5.76. The normalized spacial score (nSPS) is 21.7. The number of hydrogen-bond donors (Lipinski definition) is 2. The number of hydrogen-bond acceptors (Lipinski definition) is 3. The standard InChI is InChI=1S/C17H34N2O2/c1-3-4-5-6-7-8-9-10-11-12-17(21)19(2)15-13-18-14-16(15)20/h15-16,18,20H,3-14H2,1-2H3/t15-,16-/m0/s1. The van der Waals surface area contributed by atoms with Gasteiger partial charge in [0.25, 0.3) is 0 Å². The maximum absolute atomic E-state index is 12.1. The number of aliphatic hydroxyl groups excluding tert-OH is 1. The third kappa shape index (κ3) is 7.28. The summed E-state index contributed by atoms with van der Waals surface area (Å²) in [5, 5.41) is 12.9. The van der Waals surface area contributed by atoms with Gasteiger partial charge in [-0.05, 0) is 6.42 Å².